The molecule has 120 valence electrons. The Labute approximate surface area is 135 Å². The van der Waals surface area contributed by atoms with Gasteiger partial charge in [-0.2, -0.15) is 0 Å². The number of carbonyl (C=O) groups is 2. The molecule has 3 atom stereocenters. The van der Waals surface area contributed by atoms with Crippen LogP contribution in [0.3, 0.4) is 0 Å². The second-order valence-electron chi connectivity index (χ2n) is 6.75. The number of fused-ring (bicyclic) bond motifs is 1. The average Bonchev–Trinajstić information content (AvgIpc) is 2.54. The van der Waals surface area contributed by atoms with Gasteiger partial charge in [0.1, 0.15) is 11.5 Å². The van der Waals surface area contributed by atoms with E-state index in [1.165, 1.54) is 0 Å². The van der Waals surface area contributed by atoms with E-state index in [-0.39, 0.29) is 17.5 Å². The van der Waals surface area contributed by atoms with E-state index in [9.17, 15) is 14.7 Å². The molecule has 4 nitrogen and oxygen atoms in total. The van der Waals surface area contributed by atoms with E-state index in [0.717, 1.165) is 12.0 Å². The number of carbonyl (C=O) groups excluding carboxylic acids is 2. The van der Waals surface area contributed by atoms with E-state index in [0.29, 0.717) is 43.4 Å². The Kier molecular flexibility index (Phi) is 3.38. The number of rotatable bonds is 1. The predicted octanol–water partition coefficient (Wildman–Crippen LogP) is 2.87. The van der Waals surface area contributed by atoms with Crippen molar-refractivity contribution in [2.75, 3.05) is 0 Å². The van der Waals surface area contributed by atoms with Crippen LogP contribution in [0.1, 0.15) is 50.0 Å². The minimum Gasteiger partial charge on any atom is -0.466 e. The number of ether oxygens (including phenoxy) is 1. The third kappa shape index (κ3) is 2.24. The highest BCUT2D eigenvalue weighted by molar-refractivity contribution is 6.00. The molecule has 1 saturated carbocycles. The van der Waals surface area contributed by atoms with Crippen LogP contribution in [0.5, 0.6) is 0 Å². The van der Waals surface area contributed by atoms with Gasteiger partial charge in [0.2, 0.25) is 5.79 Å². The fourth-order valence-corrected chi connectivity index (χ4v) is 4.33. The first-order valence-electron chi connectivity index (χ1n) is 8.35. The fraction of sp³-hybridized carbons (Fsp3) is 0.474. The van der Waals surface area contributed by atoms with Crippen LogP contribution in [-0.2, 0) is 14.3 Å². The average molecular weight is 312 g/mol. The van der Waals surface area contributed by atoms with E-state index in [1.807, 2.05) is 30.3 Å². The van der Waals surface area contributed by atoms with Gasteiger partial charge in [-0.05, 0) is 18.4 Å². The highest BCUT2D eigenvalue weighted by atomic mass is 16.6. The number of allylic oxidation sites excluding steroid dienone is 2. The topological polar surface area (TPSA) is 63.6 Å². The van der Waals surface area contributed by atoms with Crippen LogP contribution in [0.4, 0.5) is 0 Å². The van der Waals surface area contributed by atoms with Gasteiger partial charge in [0.25, 0.3) is 0 Å². The van der Waals surface area contributed by atoms with Gasteiger partial charge in [-0.3, -0.25) is 9.59 Å². The van der Waals surface area contributed by atoms with Gasteiger partial charge >= 0.3 is 0 Å². The number of hydrogen-bond acceptors (Lipinski definition) is 4. The molecule has 0 bridgehead atoms. The minimum absolute atomic E-state index is 0.00229. The third-order valence-electron chi connectivity index (χ3n) is 5.30. The van der Waals surface area contributed by atoms with Crippen LogP contribution in [0.25, 0.3) is 0 Å². The van der Waals surface area contributed by atoms with Gasteiger partial charge in [-0.15, -0.1) is 0 Å². The quantitative estimate of drug-likeness (QED) is 0.866. The summed E-state index contributed by atoms with van der Waals surface area (Å²) in [5.41, 5.74) is 1.53. The zero-order valence-electron chi connectivity index (χ0n) is 13.0. The second kappa shape index (κ2) is 5.31. The van der Waals surface area contributed by atoms with E-state index < -0.39 is 11.7 Å². The first-order chi connectivity index (χ1) is 11.1. The zero-order valence-corrected chi connectivity index (χ0v) is 13.0. The van der Waals surface area contributed by atoms with Crippen molar-refractivity contribution in [3.63, 3.8) is 0 Å². The Balaban J connectivity index is 1.92. The molecular weight excluding hydrogens is 292 g/mol. The van der Waals surface area contributed by atoms with Gasteiger partial charge in [0.15, 0.2) is 5.78 Å². The Morgan fingerprint density at radius 3 is 2.61 bits per heavy atom. The van der Waals surface area contributed by atoms with Crippen LogP contribution < -0.4 is 0 Å². The maximum atomic E-state index is 12.6. The molecule has 0 radical (unpaired) electrons. The van der Waals surface area contributed by atoms with Crippen molar-refractivity contribution in [2.24, 2.45) is 5.92 Å². The monoisotopic (exact) mass is 312 g/mol. The first-order valence-corrected chi connectivity index (χ1v) is 8.35. The summed E-state index contributed by atoms with van der Waals surface area (Å²) in [6.45, 7) is 0. The molecule has 1 heterocycles. The molecule has 0 aromatic heterocycles. The van der Waals surface area contributed by atoms with E-state index in [4.69, 9.17) is 4.74 Å². The Morgan fingerprint density at radius 2 is 1.83 bits per heavy atom. The molecule has 4 heteroatoms. The third-order valence-corrected chi connectivity index (χ3v) is 5.30. The maximum Gasteiger partial charge on any atom is 0.218 e. The standard InChI is InChI=1S/C19H20O4/c20-13-8-4-10-15-17(13)16(12-6-2-1-3-7-12)18-14(21)9-5-11-19(18,22)23-15/h1-3,6-7,16,18,22H,4-5,8-11H2. The molecule has 0 amide bonds. The Hall–Kier alpha value is -1.94. The molecule has 0 spiro atoms. The second-order valence-corrected chi connectivity index (χ2v) is 6.75. The van der Waals surface area contributed by atoms with Crippen molar-refractivity contribution in [1.82, 2.24) is 0 Å². The molecule has 2 aliphatic carbocycles. The summed E-state index contributed by atoms with van der Waals surface area (Å²) < 4.78 is 5.87. The van der Waals surface area contributed by atoms with Crippen LogP contribution >= 0.6 is 0 Å². The summed E-state index contributed by atoms with van der Waals surface area (Å²) in [7, 11) is 0. The van der Waals surface area contributed by atoms with Gasteiger partial charge < -0.3 is 9.84 Å². The van der Waals surface area contributed by atoms with Crippen LogP contribution in [-0.4, -0.2) is 22.5 Å². The predicted molar refractivity (Wildman–Crippen MR) is 83.4 cm³/mol. The fourth-order valence-electron chi connectivity index (χ4n) is 4.33. The highest BCUT2D eigenvalue weighted by Gasteiger charge is 2.56. The van der Waals surface area contributed by atoms with Crippen molar-refractivity contribution in [3.8, 4) is 0 Å². The van der Waals surface area contributed by atoms with Crippen molar-refractivity contribution >= 4 is 11.6 Å². The van der Waals surface area contributed by atoms with Gasteiger partial charge in [-0.25, -0.2) is 0 Å². The Morgan fingerprint density at radius 1 is 1.04 bits per heavy atom. The lowest BCUT2D eigenvalue weighted by Crippen LogP contribution is -2.54. The summed E-state index contributed by atoms with van der Waals surface area (Å²) >= 11 is 0. The van der Waals surface area contributed by atoms with Crippen LogP contribution in [0, 0.1) is 5.92 Å². The lowest BCUT2D eigenvalue weighted by molar-refractivity contribution is -0.237. The van der Waals surface area contributed by atoms with Crippen molar-refractivity contribution in [1.29, 1.82) is 0 Å². The van der Waals surface area contributed by atoms with Gasteiger partial charge in [0, 0.05) is 37.2 Å². The molecule has 3 aliphatic rings. The molecule has 1 fully saturated rings. The Bertz CT molecular complexity index is 691. The number of benzene rings is 1. The minimum atomic E-state index is -1.47. The van der Waals surface area contributed by atoms with Gasteiger partial charge in [-0.1, -0.05) is 30.3 Å². The molecule has 4 rings (SSSR count). The molecule has 1 aromatic rings. The maximum absolute atomic E-state index is 12.6. The molecular formula is C19H20O4. The summed E-state index contributed by atoms with van der Waals surface area (Å²) in [5.74, 6) is -1.88. The zero-order chi connectivity index (χ0) is 16.0. The summed E-state index contributed by atoms with van der Waals surface area (Å²) in [6, 6.07) is 9.60. The van der Waals surface area contributed by atoms with Crippen LogP contribution in [0.15, 0.2) is 41.7 Å². The largest absolute Gasteiger partial charge is 0.466 e. The van der Waals surface area contributed by atoms with Crippen molar-refractivity contribution in [3.05, 3.63) is 47.2 Å². The van der Waals surface area contributed by atoms with Crippen LogP contribution in [0.2, 0.25) is 0 Å². The molecule has 0 saturated heterocycles. The molecule has 1 aromatic carbocycles. The summed E-state index contributed by atoms with van der Waals surface area (Å²) in [6.07, 6.45) is 3.41. The summed E-state index contributed by atoms with van der Waals surface area (Å²) in [4.78, 5) is 25.2. The number of Topliss-reactive ketones (excluding diaryl/α,β-unsaturated/α-hetero) is 2. The van der Waals surface area contributed by atoms with E-state index in [2.05, 4.69) is 0 Å². The van der Waals surface area contributed by atoms with Crippen molar-refractivity contribution < 1.29 is 19.4 Å². The molecule has 1 N–H and O–H groups in total. The molecule has 1 aliphatic heterocycles. The lowest BCUT2D eigenvalue weighted by atomic mass is 9.65. The molecule has 3 unspecified atom stereocenters. The number of ketones is 2. The van der Waals surface area contributed by atoms with Gasteiger partial charge in [0.05, 0.1) is 5.92 Å². The number of aliphatic hydroxyl groups is 1. The van der Waals surface area contributed by atoms with Crippen molar-refractivity contribution in [2.45, 2.75) is 50.2 Å². The summed E-state index contributed by atoms with van der Waals surface area (Å²) in [5, 5.41) is 11.0. The molecule has 23 heavy (non-hydrogen) atoms. The SMILES string of the molecule is O=C1CCCC2=C1C(c1ccccc1)C1C(=O)CCCC1(O)O2. The number of hydrogen-bond donors (Lipinski definition) is 1. The normalized spacial score (nSPS) is 33.8. The lowest BCUT2D eigenvalue weighted by Gasteiger charge is -2.48. The van der Waals surface area contributed by atoms with E-state index >= 15 is 0 Å². The first kappa shape index (κ1) is 14.6. The highest BCUT2D eigenvalue weighted by Crippen LogP contribution is 2.52. The smallest absolute Gasteiger partial charge is 0.218 e. The van der Waals surface area contributed by atoms with E-state index in [1.54, 1.807) is 0 Å².